The first-order chi connectivity index (χ1) is 12.0. The first-order valence-electron chi connectivity index (χ1n) is 8.42. The molecule has 7 heteroatoms. The van der Waals surface area contributed by atoms with Crippen LogP contribution >= 0.6 is 0 Å². The Morgan fingerprint density at radius 3 is 2.56 bits per heavy atom. The number of anilines is 2. The van der Waals surface area contributed by atoms with E-state index >= 15 is 0 Å². The van der Waals surface area contributed by atoms with E-state index in [0.717, 1.165) is 32.4 Å². The van der Waals surface area contributed by atoms with Crippen molar-refractivity contribution in [2.24, 2.45) is 0 Å². The molecule has 1 aliphatic rings. The Morgan fingerprint density at radius 1 is 1.20 bits per heavy atom. The van der Waals surface area contributed by atoms with E-state index in [-0.39, 0.29) is 23.8 Å². The van der Waals surface area contributed by atoms with Gasteiger partial charge in [-0.3, -0.25) is 14.2 Å². The third-order valence-corrected chi connectivity index (χ3v) is 4.18. The van der Waals surface area contributed by atoms with Gasteiger partial charge in [-0.25, -0.2) is 9.37 Å². The summed E-state index contributed by atoms with van der Waals surface area (Å²) in [6.07, 6.45) is 3.26. The maximum Gasteiger partial charge on any atom is 0.255 e. The molecule has 2 aromatic rings. The number of rotatable bonds is 4. The SMILES string of the molecule is Cc1cc(=O)n(CC(=O)Nc2ccc(F)cc2)c(N2CCCCC2)n1. The minimum absolute atomic E-state index is 0.130. The zero-order valence-corrected chi connectivity index (χ0v) is 14.2. The Hall–Kier alpha value is -2.70. The van der Waals surface area contributed by atoms with Gasteiger partial charge >= 0.3 is 0 Å². The van der Waals surface area contributed by atoms with Crippen molar-refractivity contribution in [2.45, 2.75) is 32.7 Å². The number of carbonyl (C=O) groups excluding carboxylic acids is 1. The molecule has 0 aliphatic carbocycles. The average Bonchev–Trinajstić information content (AvgIpc) is 2.60. The van der Waals surface area contributed by atoms with Crippen molar-refractivity contribution in [1.29, 1.82) is 0 Å². The van der Waals surface area contributed by atoms with Crippen molar-refractivity contribution in [3.63, 3.8) is 0 Å². The molecule has 1 aromatic carbocycles. The average molecular weight is 344 g/mol. The summed E-state index contributed by atoms with van der Waals surface area (Å²) in [5.41, 5.74) is 0.877. The van der Waals surface area contributed by atoms with Crippen LogP contribution in [-0.2, 0) is 11.3 Å². The lowest BCUT2D eigenvalue weighted by atomic mass is 10.1. The van der Waals surface area contributed by atoms with Gasteiger partial charge in [-0.05, 0) is 50.5 Å². The molecular weight excluding hydrogens is 323 g/mol. The van der Waals surface area contributed by atoms with Gasteiger partial charge < -0.3 is 10.2 Å². The van der Waals surface area contributed by atoms with Crippen LogP contribution in [0.5, 0.6) is 0 Å². The Bertz CT molecular complexity index is 811. The van der Waals surface area contributed by atoms with Crippen molar-refractivity contribution >= 4 is 17.5 Å². The van der Waals surface area contributed by atoms with Gasteiger partial charge in [0.25, 0.3) is 5.56 Å². The number of hydrogen-bond donors (Lipinski definition) is 1. The van der Waals surface area contributed by atoms with E-state index in [0.29, 0.717) is 17.3 Å². The lowest BCUT2D eigenvalue weighted by Gasteiger charge is -2.29. The second kappa shape index (κ2) is 7.46. The zero-order valence-electron chi connectivity index (χ0n) is 14.2. The molecule has 2 heterocycles. The topological polar surface area (TPSA) is 67.2 Å². The number of hydrogen-bond acceptors (Lipinski definition) is 4. The van der Waals surface area contributed by atoms with Gasteiger partial charge in [0.2, 0.25) is 11.9 Å². The van der Waals surface area contributed by atoms with Crippen molar-refractivity contribution < 1.29 is 9.18 Å². The van der Waals surface area contributed by atoms with Crippen LogP contribution in [0.4, 0.5) is 16.0 Å². The molecule has 1 fully saturated rings. The van der Waals surface area contributed by atoms with Crippen LogP contribution in [0, 0.1) is 12.7 Å². The number of aromatic nitrogens is 2. The number of piperidine rings is 1. The predicted octanol–water partition coefficient (Wildman–Crippen LogP) is 2.32. The van der Waals surface area contributed by atoms with E-state index in [1.54, 1.807) is 6.92 Å². The molecule has 1 saturated heterocycles. The van der Waals surface area contributed by atoms with Gasteiger partial charge in [0.1, 0.15) is 12.4 Å². The van der Waals surface area contributed by atoms with Gasteiger partial charge in [0, 0.05) is 30.5 Å². The normalized spacial score (nSPS) is 14.4. The van der Waals surface area contributed by atoms with E-state index < -0.39 is 0 Å². The highest BCUT2D eigenvalue weighted by molar-refractivity contribution is 5.90. The summed E-state index contributed by atoms with van der Waals surface area (Å²) in [6, 6.07) is 6.94. The second-order valence-electron chi connectivity index (χ2n) is 6.22. The molecule has 1 N–H and O–H groups in total. The molecule has 0 radical (unpaired) electrons. The number of nitrogens with one attached hydrogen (secondary N) is 1. The second-order valence-corrected chi connectivity index (χ2v) is 6.22. The maximum atomic E-state index is 12.9. The van der Waals surface area contributed by atoms with E-state index in [1.165, 1.54) is 34.9 Å². The first-order valence-corrected chi connectivity index (χ1v) is 8.42. The van der Waals surface area contributed by atoms with Crippen molar-refractivity contribution in [3.05, 3.63) is 52.2 Å². The summed E-state index contributed by atoms with van der Waals surface area (Å²) in [6.45, 7) is 3.30. The molecule has 1 amide bonds. The first kappa shape index (κ1) is 17.1. The maximum absolute atomic E-state index is 12.9. The van der Waals surface area contributed by atoms with E-state index in [4.69, 9.17) is 0 Å². The largest absolute Gasteiger partial charge is 0.342 e. The number of halogens is 1. The van der Waals surface area contributed by atoms with Crippen LogP contribution in [0.15, 0.2) is 35.1 Å². The van der Waals surface area contributed by atoms with E-state index in [2.05, 4.69) is 15.2 Å². The fourth-order valence-corrected chi connectivity index (χ4v) is 2.97. The van der Waals surface area contributed by atoms with Crippen LogP contribution in [0.25, 0.3) is 0 Å². The molecule has 0 spiro atoms. The number of aryl methyl sites for hydroxylation is 1. The molecule has 6 nitrogen and oxygen atoms in total. The van der Waals surface area contributed by atoms with Gasteiger partial charge in [0.05, 0.1) is 0 Å². The minimum atomic E-state index is -0.371. The fraction of sp³-hybridized carbons (Fsp3) is 0.389. The highest BCUT2D eigenvalue weighted by Crippen LogP contribution is 2.17. The molecule has 1 aromatic heterocycles. The Balaban J connectivity index is 1.82. The number of benzene rings is 1. The van der Waals surface area contributed by atoms with Crippen molar-refractivity contribution in [1.82, 2.24) is 9.55 Å². The molecule has 0 saturated carbocycles. The lowest BCUT2D eigenvalue weighted by Crippen LogP contribution is -2.38. The van der Waals surface area contributed by atoms with Gasteiger partial charge in [-0.1, -0.05) is 0 Å². The molecule has 3 rings (SSSR count). The molecule has 1 aliphatic heterocycles. The predicted molar refractivity (Wildman–Crippen MR) is 94.3 cm³/mol. The van der Waals surface area contributed by atoms with E-state index in [9.17, 15) is 14.0 Å². The zero-order chi connectivity index (χ0) is 17.8. The molecule has 0 unspecified atom stereocenters. The highest BCUT2D eigenvalue weighted by Gasteiger charge is 2.19. The lowest BCUT2D eigenvalue weighted by molar-refractivity contribution is -0.116. The fourth-order valence-electron chi connectivity index (χ4n) is 2.97. The molecule has 0 atom stereocenters. The summed E-state index contributed by atoms with van der Waals surface area (Å²) < 4.78 is 14.3. The van der Waals surface area contributed by atoms with Crippen LogP contribution in [0.1, 0.15) is 25.0 Å². The van der Waals surface area contributed by atoms with Crippen LogP contribution in [-0.4, -0.2) is 28.5 Å². The molecular formula is C18H21FN4O2. The number of carbonyl (C=O) groups is 1. The quantitative estimate of drug-likeness (QED) is 0.924. The summed E-state index contributed by atoms with van der Waals surface area (Å²) in [5.74, 6) is -0.180. The molecule has 0 bridgehead atoms. The number of amides is 1. The van der Waals surface area contributed by atoms with Crippen LogP contribution < -0.4 is 15.8 Å². The standard InChI is InChI=1S/C18H21FN4O2/c1-13-11-17(25)23(18(20-13)22-9-3-2-4-10-22)12-16(24)21-15-7-5-14(19)6-8-15/h5-8,11H,2-4,9-10,12H2,1H3,(H,21,24). The number of nitrogens with zero attached hydrogens (tertiary/aromatic N) is 3. The smallest absolute Gasteiger partial charge is 0.255 e. The minimum Gasteiger partial charge on any atom is -0.342 e. The van der Waals surface area contributed by atoms with Crippen molar-refractivity contribution in [3.8, 4) is 0 Å². The van der Waals surface area contributed by atoms with Gasteiger partial charge in [0.15, 0.2) is 0 Å². The molecule has 25 heavy (non-hydrogen) atoms. The van der Waals surface area contributed by atoms with Crippen molar-refractivity contribution in [2.75, 3.05) is 23.3 Å². The van der Waals surface area contributed by atoms with Gasteiger partial charge in [-0.2, -0.15) is 0 Å². The summed E-state index contributed by atoms with van der Waals surface area (Å²) in [4.78, 5) is 31.3. The Kier molecular flexibility index (Phi) is 5.11. The monoisotopic (exact) mass is 344 g/mol. The summed E-state index contributed by atoms with van der Waals surface area (Å²) >= 11 is 0. The van der Waals surface area contributed by atoms with Crippen LogP contribution in [0.3, 0.4) is 0 Å². The third kappa shape index (κ3) is 4.23. The van der Waals surface area contributed by atoms with Crippen LogP contribution in [0.2, 0.25) is 0 Å². The van der Waals surface area contributed by atoms with Gasteiger partial charge in [-0.15, -0.1) is 0 Å². The third-order valence-electron chi connectivity index (χ3n) is 4.18. The summed E-state index contributed by atoms with van der Waals surface area (Å²) in [7, 11) is 0. The Morgan fingerprint density at radius 2 is 1.88 bits per heavy atom. The van der Waals surface area contributed by atoms with E-state index in [1.807, 2.05) is 0 Å². The Labute approximate surface area is 145 Å². The molecule has 132 valence electrons. The summed E-state index contributed by atoms with van der Waals surface area (Å²) in [5, 5.41) is 2.68. The highest BCUT2D eigenvalue weighted by atomic mass is 19.1.